The van der Waals surface area contributed by atoms with Crippen molar-refractivity contribution in [2.24, 2.45) is 5.73 Å². The molecule has 38 heavy (non-hydrogen) atoms. The van der Waals surface area contributed by atoms with Gasteiger partial charge in [-0.25, -0.2) is 0 Å². The number of hydrogen-bond donors (Lipinski definition) is 1. The predicted molar refractivity (Wildman–Crippen MR) is 179 cm³/mol. The molecule has 0 aliphatic heterocycles. The van der Waals surface area contributed by atoms with E-state index >= 15 is 0 Å². The lowest BCUT2D eigenvalue weighted by Crippen LogP contribution is -2.04. The predicted octanol–water partition coefficient (Wildman–Crippen LogP) is 12.5. The van der Waals surface area contributed by atoms with Crippen LogP contribution in [0.15, 0.2) is 23.1 Å². The summed E-state index contributed by atoms with van der Waals surface area (Å²) in [4.78, 5) is 1.30. The van der Waals surface area contributed by atoms with Gasteiger partial charge in [-0.15, -0.1) is 0 Å². The lowest BCUT2D eigenvalue weighted by molar-refractivity contribution is 0.541. The number of thioether (sulfide) groups is 1. The second-order valence-corrected chi connectivity index (χ2v) is 13.4. The third-order valence-corrected chi connectivity index (χ3v) is 9.07. The van der Waals surface area contributed by atoms with E-state index in [2.05, 4.69) is 32.0 Å². The molecule has 0 bridgehead atoms. The van der Waals surface area contributed by atoms with E-state index in [-0.39, 0.29) is 0 Å². The SMILES string of the molecule is CCCCCCCCCCCCCCc1cccc(SC(N)=S)c1CCCCCCCCCCCCCC. The van der Waals surface area contributed by atoms with Crippen molar-refractivity contribution in [2.45, 2.75) is 186 Å². The molecule has 3 heteroatoms. The van der Waals surface area contributed by atoms with E-state index in [1.54, 1.807) is 17.3 Å². The van der Waals surface area contributed by atoms with Crippen molar-refractivity contribution in [1.29, 1.82) is 0 Å². The first-order chi connectivity index (χ1) is 18.7. The Hall–Kier alpha value is -0.540. The molecule has 1 aromatic carbocycles. The summed E-state index contributed by atoms with van der Waals surface area (Å²) in [6, 6.07) is 6.80. The molecular formula is C35H63NS2. The molecule has 0 amide bonds. The van der Waals surface area contributed by atoms with Gasteiger partial charge >= 0.3 is 0 Å². The molecule has 2 N–H and O–H groups in total. The molecular weight excluding hydrogens is 499 g/mol. The maximum absolute atomic E-state index is 5.93. The van der Waals surface area contributed by atoms with E-state index in [0.717, 1.165) is 0 Å². The highest BCUT2D eigenvalue weighted by molar-refractivity contribution is 8.23. The summed E-state index contributed by atoms with van der Waals surface area (Å²) in [5.41, 5.74) is 9.00. The smallest absolute Gasteiger partial charge is 0.136 e. The van der Waals surface area contributed by atoms with Crippen LogP contribution < -0.4 is 5.73 Å². The van der Waals surface area contributed by atoms with Crippen molar-refractivity contribution in [1.82, 2.24) is 0 Å². The number of unbranched alkanes of at least 4 members (excludes halogenated alkanes) is 22. The maximum Gasteiger partial charge on any atom is 0.136 e. The van der Waals surface area contributed by atoms with E-state index in [0.29, 0.717) is 4.32 Å². The van der Waals surface area contributed by atoms with E-state index in [1.807, 2.05) is 0 Å². The summed E-state index contributed by atoms with van der Waals surface area (Å²) in [7, 11) is 0. The van der Waals surface area contributed by atoms with Gasteiger partial charge in [-0.3, -0.25) is 0 Å². The van der Waals surface area contributed by atoms with Gasteiger partial charge in [-0.2, -0.15) is 0 Å². The van der Waals surface area contributed by atoms with Crippen LogP contribution in [-0.2, 0) is 12.8 Å². The molecule has 0 radical (unpaired) electrons. The first kappa shape index (κ1) is 35.5. The second kappa shape index (κ2) is 26.7. The van der Waals surface area contributed by atoms with Gasteiger partial charge in [0.15, 0.2) is 0 Å². The third-order valence-electron chi connectivity index (χ3n) is 8.02. The van der Waals surface area contributed by atoms with Crippen molar-refractivity contribution in [3.63, 3.8) is 0 Å². The van der Waals surface area contributed by atoms with Crippen molar-refractivity contribution >= 4 is 28.3 Å². The molecule has 0 atom stereocenters. The van der Waals surface area contributed by atoms with E-state index in [9.17, 15) is 0 Å². The Balaban J connectivity index is 2.25. The minimum Gasteiger partial charge on any atom is -0.384 e. The molecule has 0 saturated heterocycles. The molecule has 1 nitrogen and oxygen atoms in total. The average Bonchev–Trinajstić information content (AvgIpc) is 2.90. The van der Waals surface area contributed by atoms with Gasteiger partial charge in [-0.1, -0.05) is 191 Å². The summed E-state index contributed by atoms with van der Waals surface area (Å²) in [6.45, 7) is 4.59. The highest BCUT2D eigenvalue weighted by atomic mass is 32.2. The first-order valence-electron chi connectivity index (χ1n) is 16.8. The Morgan fingerprint density at radius 2 is 0.921 bits per heavy atom. The fourth-order valence-electron chi connectivity index (χ4n) is 5.63. The molecule has 0 spiro atoms. The van der Waals surface area contributed by atoms with Crippen LogP contribution >= 0.6 is 24.0 Å². The van der Waals surface area contributed by atoms with Crippen LogP contribution in [0.5, 0.6) is 0 Å². The molecule has 0 aliphatic rings. The van der Waals surface area contributed by atoms with Gasteiger partial charge in [0.2, 0.25) is 0 Å². The number of rotatable bonds is 27. The van der Waals surface area contributed by atoms with Gasteiger partial charge in [0, 0.05) is 4.90 Å². The summed E-state index contributed by atoms with van der Waals surface area (Å²) in [6.07, 6.45) is 36.1. The van der Waals surface area contributed by atoms with Crippen LogP contribution in [0.4, 0.5) is 0 Å². The quantitative estimate of drug-likeness (QED) is 0.0657. The highest BCUT2D eigenvalue weighted by Crippen LogP contribution is 2.29. The maximum atomic E-state index is 5.93. The average molecular weight is 562 g/mol. The van der Waals surface area contributed by atoms with Crippen LogP contribution in [0.2, 0.25) is 0 Å². The Bertz CT molecular complexity index is 672. The summed E-state index contributed by atoms with van der Waals surface area (Å²) in [5, 5.41) is 0. The Kier molecular flexibility index (Phi) is 24.9. The molecule has 0 aliphatic carbocycles. The van der Waals surface area contributed by atoms with Crippen molar-refractivity contribution in [2.75, 3.05) is 0 Å². The monoisotopic (exact) mass is 561 g/mol. The molecule has 0 aromatic heterocycles. The van der Waals surface area contributed by atoms with E-state index in [4.69, 9.17) is 18.0 Å². The molecule has 0 heterocycles. The normalized spacial score (nSPS) is 11.3. The van der Waals surface area contributed by atoms with Gasteiger partial charge < -0.3 is 5.73 Å². The Morgan fingerprint density at radius 3 is 1.32 bits per heavy atom. The molecule has 0 fully saturated rings. The van der Waals surface area contributed by atoms with Gasteiger partial charge in [0.1, 0.15) is 4.32 Å². The van der Waals surface area contributed by atoms with Crippen LogP contribution in [-0.4, -0.2) is 4.32 Å². The molecule has 0 unspecified atom stereocenters. The van der Waals surface area contributed by atoms with Gasteiger partial charge in [-0.05, 0) is 42.9 Å². The molecule has 1 rings (SSSR count). The van der Waals surface area contributed by atoms with Crippen LogP contribution in [0.25, 0.3) is 0 Å². The third kappa shape index (κ3) is 20.4. The molecule has 1 aromatic rings. The number of benzene rings is 1. The molecule has 220 valence electrons. The zero-order chi connectivity index (χ0) is 27.5. The van der Waals surface area contributed by atoms with Gasteiger partial charge in [0.25, 0.3) is 0 Å². The van der Waals surface area contributed by atoms with Crippen molar-refractivity contribution in [3.05, 3.63) is 29.3 Å². The second-order valence-electron chi connectivity index (χ2n) is 11.6. The van der Waals surface area contributed by atoms with E-state index in [1.165, 1.54) is 177 Å². The fourth-order valence-corrected chi connectivity index (χ4v) is 6.62. The lowest BCUT2D eigenvalue weighted by Gasteiger charge is -2.15. The molecule has 0 saturated carbocycles. The summed E-state index contributed by atoms with van der Waals surface area (Å²) >= 11 is 6.84. The zero-order valence-corrected chi connectivity index (χ0v) is 27.1. The Labute approximate surface area is 248 Å². The van der Waals surface area contributed by atoms with Crippen LogP contribution in [0, 0.1) is 0 Å². The number of hydrogen-bond acceptors (Lipinski definition) is 2. The number of aryl methyl sites for hydroxylation is 1. The fraction of sp³-hybridized carbons (Fsp3) is 0.800. The van der Waals surface area contributed by atoms with Crippen LogP contribution in [0.3, 0.4) is 0 Å². The standard InChI is InChI=1S/C35H63NS2/c1-3-5-7-9-11-13-15-17-19-21-23-25-28-32-29-27-31-34(38-35(36)37)33(32)30-26-24-22-20-18-16-14-12-10-8-6-4-2/h27,29,31H,3-26,28,30H2,1-2H3,(H2,36,37). The number of nitrogens with two attached hydrogens (primary N) is 1. The minimum absolute atomic E-state index is 0.545. The minimum atomic E-state index is 0.545. The summed E-state index contributed by atoms with van der Waals surface area (Å²) in [5.74, 6) is 0. The van der Waals surface area contributed by atoms with Crippen LogP contribution in [0.1, 0.15) is 179 Å². The summed E-state index contributed by atoms with van der Waals surface area (Å²) < 4.78 is 0.545. The van der Waals surface area contributed by atoms with E-state index < -0.39 is 0 Å². The topological polar surface area (TPSA) is 26.0 Å². The first-order valence-corrected chi connectivity index (χ1v) is 18.0. The van der Waals surface area contributed by atoms with Crippen molar-refractivity contribution < 1.29 is 0 Å². The van der Waals surface area contributed by atoms with Crippen molar-refractivity contribution in [3.8, 4) is 0 Å². The largest absolute Gasteiger partial charge is 0.384 e. The lowest BCUT2D eigenvalue weighted by atomic mass is 9.96. The highest BCUT2D eigenvalue weighted by Gasteiger charge is 2.10. The zero-order valence-electron chi connectivity index (χ0n) is 25.5. The Morgan fingerprint density at radius 1 is 0.553 bits per heavy atom. The van der Waals surface area contributed by atoms with Gasteiger partial charge in [0.05, 0.1) is 0 Å². The number of thiocarbonyl (C=S) groups is 1.